The Kier molecular flexibility index (Phi) is 5.55. The van der Waals surface area contributed by atoms with E-state index in [1.807, 2.05) is 17.5 Å². The van der Waals surface area contributed by atoms with Gasteiger partial charge in [0.1, 0.15) is 5.69 Å². The summed E-state index contributed by atoms with van der Waals surface area (Å²) in [6, 6.07) is 13.4. The molecular weight excluding hydrogens is 352 g/mol. The second kappa shape index (κ2) is 8.21. The van der Waals surface area contributed by atoms with Gasteiger partial charge in [0.25, 0.3) is 0 Å². The van der Waals surface area contributed by atoms with Crippen LogP contribution in [0.5, 0.6) is 0 Å². The third kappa shape index (κ3) is 4.42. The number of anilines is 2. The number of urea groups is 1. The number of hydrogen-bond donors (Lipinski definition) is 2. The molecule has 0 aliphatic heterocycles. The minimum Gasteiger partial charge on any atom is -0.462 e. The van der Waals surface area contributed by atoms with Gasteiger partial charge in [-0.25, -0.2) is 9.59 Å². The molecule has 0 unspecified atom stereocenters. The van der Waals surface area contributed by atoms with E-state index < -0.39 is 0 Å². The number of hydrogen-bond acceptors (Lipinski definition) is 6. The van der Waals surface area contributed by atoms with Crippen LogP contribution >= 0.6 is 11.5 Å². The van der Waals surface area contributed by atoms with Crippen LogP contribution < -0.4 is 10.6 Å². The standard InChI is InChI=1S/C18H16N4O3S/c1-2-25-17(23)13-5-9-15(10-6-13)20-18(24)19-14-7-3-12(4-8-14)16-11-26-22-21-16/h3-11H,2H2,1H3,(H2,19,20,24). The molecule has 1 heterocycles. The van der Waals surface area contributed by atoms with Crippen LogP contribution in [0.3, 0.4) is 0 Å². The number of nitrogens with zero attached hydrogens (tertiary/aromatic N) is 2. The molecule has 8 heteroatoms. The number of carbonyl (C=O) groups is 2. The molecule has 2 N–H and O–H groups in total. The van der Waals surface area contributed by atoms with Crippen molar-refractivity contribution in [1.82, 2.24) is 9.59 Å². The molecule has 0 aliphatic rings. The molecule has 3 aromatic rings. The molecule has 0 aliphatic carbocycles. The van der Waals surface area contributed by atoms with E-state index in [9.17, 15) is 9.59 Å². The van der Waals surface area contributed by atoms with Crippen molar-refractivity contribution in [3.8, 4) is 11.3 Å². The molecular formula is C18H16N4O3S. The highest BCUT2D eigenvalue weighted by Crippen LogP contribution is 2.20. The maximum Gasteiger partial charge on any atom is 0.338 e. The Bertz CT molecular complexity index is 878. The molecule has 3 rings (SSSR count). The van der Waals surface area contributed by atoms with E-state index >= 15 is 0 Å². The van der Waals surface area contributed by atoms with Gasteiger partial charge in [0.2, 0.25) is 0 Å². The molecule has 0 radical (unpaired) electrons. The highest BCUT2D eigenvalue weighted by atomic mass is 32.1. The predicted molar refractivity (Wildman–Crippen MR) is 100 cm³/mol. The maximum atomic E-state index is 12.1. The van der Waals surface area contributed by atoms with Crippen LogP contribution in [0, 0.1) is 0 Å². The van der Waals surface area contributed by atoms with E-state index in [1.54, 1.807) is 43.3 Å². The number of esters is 1. The number of nitrogens with one attached hydrogen (secondary N) is 2. The molecule has 2 aromatic carbocycles. The molecule has 0 spiro atoms. The summed E-state index contributed by atoms with van der Waals surface area (Å²) in [4.78, 5) is 23.7. The number of ether oxygens (including phenoxy) is 1. The van der Waals surface area contributed by atoms with Crippen molar-refractivity contribution in [2.45, 2.75) is 6.92 Å². The summed E-state index contributed by atoms with van der Waals surface area (Å²) in [5.41, 5.74) is 3.38. The van der Waals surface area contributed by atoms with Crippen LogP contribution in [0.1, 0.15) is 17.3 Å². The van der Waals surface area contributed by atoms with Crippen LogP contribution in [-0.4, -0.2) is 28.2 Å². The Morgan fingerprint density at radius 1 is 1.00 bits per heavy atom. The van der Waals surface area contributed by atoms with Crippen molar-refractivity contribution in [2.75, 3.05) is 17.2 Å². The largest absolute Gasteiger partial charge is 0.462 e. The zero-order chi connectivity index (χ0) is 18.4. The monoisotopic (exact) mass is 368 g/mol. The van der Waals surface area contributed by atoms with Gasteiger partial charge in [-0.15, -0.1) is 5.10 Å². The van der Waals surface area contributed by atoms with Crippen LogP contribution in [0.25, 0.3) is 11.3 Å². The van der Waals surface area contributed by atoms with Gasteiger partial charge >= 0.3 is 12.0 Å². The van der Waals surface area contributed by atoms with Crippen molar-refractivity contribution in [3.63, 3.8) is 0 Å². The third-order valence-electron chi connectivity index (χ3n) is 3.45. The van der Waals surface area contributed by atoms with E-state index in [0.29, 0.717) is 23.5 Å². The van der Waals surface area contributed by atoms with Crippen LogP contribution in [0.2, 0.25) is 0 Å². The van der Waals surface area contributed by atoms with Gasteiger partial charge < -0.3 is 15.4 Å². The molecule has 0 bridgehead atoms. The summed E-state index contributed by atoms with van der Waals surface area (Å²) in [6.07, 6.45) is 0. The van der Waals surface area contributed by atoms with Gasteiger partial charge in [0.15, 0.2) is 0 Å². The smallest absolute Gasteiger partial charge is 0.338 e. The summed E-state index contributed by atoms with van der Waals surface area (Å²) >= 11 is 1.29. The first kappa shape index (κ1) is 17.6. The van der Waals surface area contributed by atoms with E-state index in [-0.39, 0.29) is 12.0 Å². The first-order valence-electron chi connectivity index (χ1n) is 7.88. The lowest BCUT2D eigenvalue weighted by Gasteiger charge is -2.09. The first-order valence-corrected chi connectivity index (χ1v) is 8.72. The maximum absolute atomic E-state index is 12.1. The van der Waals surface area contributed by atoms with Gasteiger partial charge in [-0.3, -0.25) is 0 Å². The second-order valence-corrected chi connectivity index (χ2v) is 5.85. The summed E-state index contributed by atoms with van der Waals surface area (Å²) in [6.45, 7) is 2.07. The fourth-order valence-corrected chi connectivity index (χ4v) is 2.68. The third-order valence-corrected chi connectivity index (χ3v) is 3.96. The second-order valence-electron chi connectivity index (χ2n) is 5.24. The van der Waals surface area contributed by atoms with E-state index in [0.717, 1.165) is 11.3 Å². The quantitative estimate of drug-likeness (QED) is 0.663. The van der Waals surface area contributed by atoms with Crippen molar-refractivity contribution in [3.05, 3.63) is 59.5 Å². The summed E-state index contributed by atoms with van der Waals surface area (Å²) in [5.74, 6) is -0.390. The molecule has 0 saturated carbocycles. The lowest BCUT2D eigenvalue weighted by molar-refractivity contribution is 0.0526. The Morgan fingerprint density at radius 3 is 2.15 bits per heavy atom. The number of rotatable bonds is 5. The van der Waals surface area contributed by atoms with Gasteiger partial charge in [-0.2, -0.15) is 0 Å². The zero-order valence-electron chi connectivity index (χ0n) is 13.9. The number of carbonyl (C=O) groups excluding carboxylic acids is 2. The molecule has 7 nitrogen and oxygen atoms in total. The minimum absolute atomic E-state index is 0.318. The molecule has 1 aromatic heterocycles. The van der Waals surface area contributed by atoms with Crippen LogP contribution in [-0.2, 0) is 4.74 Å². The van der Waals surface area contributed by atoms with Gasteiger partial charge in [0.05, 0.1) is 12.2 Å². The first-order chi connectivity index (χ1) is 12.7. The fourth-order valence-electron chi connectivity index (χ4n) is 2.21. The lowest BCUT2D eigenvalue weighted by Crippen LogP contribution is -2.19. The van der Waals surface area contributed by atoms with Crippen molar-refractivity contribution in [2.24, 2.45) is 0 Å². The lowest BCUT2D eigenvalue weighted by atomic mass is 10.1. The van der Waals surface area contributed by atoms with E-state index in [1.165, 1.54) is 11.5 Å². The Morgan fingerprint density at radius 2 is 1.62 bits per heavy atom. The topological polar surface area (TPSA) is 93.2 Å². The number of amides is 2. The van der Waals surface area contributed by atoms with E-state index in [4.69, 9.17) is 4.74 Å². The fraction of sp³-hybridized carbons (Fsp3) is 0.111. The average molecular weight is 368 g/mol. The van der Waals surface area contributed by atoms with Gasteiger partial charge in [-0.05, 0) is 54.9 Å². The number of aromatic nitrogens is 2. The van der Waals surface area contributed by atoms with Crippen molar-refractivity contribution >= 4 is 34.9 Å². The normalized spacial score (nSPS) is 10.2. The average Bonchev–Trinajstić information content (AvgIpc) is 3.18. The molecule has 26 heavy (non-hydrogen) atoms. The van der Waals surface area contributed by atoms with Crippen LogP contribution in [0.15, 0.2) is 53.9 Å². The SMILES string of the molecule is CCOC(=O)c1ccc(NC(=O)Nc2ccc(-c3csnn3)cc2)cc1. The van der Waals surface area contributed by atoms with Crippen molar-refractivity contribution < 1.29 is 14.3 Å². The summed E-state index contributed by atoms with van der Waals surface area (Å²) in [7, 11) is 0. The highest BCUT2D eigenvalue weighted by Gasteiger charge is 2.08. The Labute approximate surface area is 154 Å². The van der Waals surface area contributed by atoms with Crippen LogP contribution in [0.4, 0.5) is 16.2 Å². The summed E-state index contributed by atoms with van der Waals surface area (Å²) < 4.78 is 8.74. The van der Waals surface area contributed by atoms with Gasteiger partial charge in [0, 0.05) is 22.3 Å². The van der Waals surface area contributed by atoms with Gasteiger partial charge in [-0.1, -0.05) is 16.6 Å². The minimum atomic E-state index is -0.390. The highest BCUT2D eigenvalue weighted by molar-refractivity contribution is 7.03. The number of benzene rings is 2. The Balaban J connectivity index is 1.57. The van der Waals surface area contributed by atoms with E-state index in [2.05, 4.69) is 20.2 Å². The molecule has 0 atom stereocenters. The predicted octanol–water partition coefficient (Wildman–Crippen LogP) is 4.03. The molecule has 0 fully saturated rings. The molecule has 132 valence electrons. The Hall–Kier alpha value is -3.26. The summed E-state index contributed by atoms with van der Waals surface area (Å²) in [5, 5.41) is 11.3. The zero-order valence-corrected chi connectivity index (χ0v) is 14.7. The molecule has 2 amide bonds. The molecule has 0 saturated heterocycles. The van der Waals surface area contributed by atoms with Crippen molar-refractivity contribution in [1.29, 1.82) is 0 Å².